The van der Waals surface area contributed by atoms with Crippen LogP contribution < -0.4 is 5.32 Å². The highest BCUT2D eigenvalue weighted by Gasteiger charge is 1.85. The van der Waals surface area contributed by atoms with Crippen LogP contribution in [-0.4, -0.2) is 12.9 Å². The van der Waals surface area contributed by atoms with E-state index in [-0.39, 0.29) is 0 Å². The third-order valence-corrected chi connectivity index (χ3v) is 2.24. The van der Waals surface area contributed by atoms with Gasteiger partial charge in [0.15, 0.2) is 0 Å². The number of aliphatic imine (C=N–C) groups is 1. The predicted molar refractivity (Wildman–Crippen MR) is 67.6 cm³/mol. The smallest absolute Gasteiger partial charge is 0.0867 e. The molecule has 0 radical (unpaired) electrons. The Morgan fingerprint density at radius 2 is 1.93 bits per heavy atom. The Labute approximate surface area is 92.4 Å². The van der Waals surface area contributed by atoms with Crippen LogP contribution in [0.25, 0.3) is 0 Å². The van der Waals surface area contributed by atoms with E-state index < -0.39 is 0 Å². The van der Waals surface area contributed by atoms with E-state index in [2.05, 4.69) is 17.2 Å². The molecule has 0 spiro atoms. The summed E-state index contributed by atoms with van der Waals surface area (Å²) in [7, 11) is 0. The largest absolute Gasteiger partial charge is 0.347 e. The van der Waals surface area contributed by atoms with Gasteiger partial charge in [-0.05, 0) is 18.6 Å². The first kappa shape index (κ1) is 11.8. The fraction of sp³-hybridized carbons (Fsp3) is 0.462. The van der Waals surface area contributed by atoms with Crippen LogP contribution in [0.15, 0.2) is 35.3 Å². The Bertz CT molecular complexity index is 267. The standard InChI is InChI=1S/C13H20N2/c1-2-3-4-8-11-14-12-15-13-9-6-5-7-10-13/h5-7,9-10,12H,2-4,8,11H2,1H3,(H,14,15). The summed E-state index contributed by atoms with van der Waals surface area (Å²) < 4.78 is 0. The molecule has 1 N–H and O–H groups in total. The number of nitrogens with one attached hydrogen (secondary N) is 1. The van der Waals surface area contributed by atoms with E-state index >= 15 is 0 Å². The molecule has 0 heterocycles. The second-order valence-corrected chi connectivity index (χ2v) is 3.61. The molecule has 1 aromatic carbocycles. The molecule has 0 saturated carbocycles. The van der Waals surface area contributed by atoms with Crippen molar-refractivity contribution >= 4 is 12.0 Å². The second-order valence-electron chi connectivity index (χ2n) is 3.61. The molecule has 0 atom stereocenters. The van der Waals surface area contributed by atoms with E-state index in [0.717, 1.165) is 12.2 Å². The number of hydrogen-bond donors (Lipinski definition) is 1. The highest BCUT2D eigenvalue weighted by Crippen LogP contribution is 2.03. The van der Waals surface area contributed by atoms with Crippen LogP contribution in [-0.2, 0) is 0 Å². The molecule has 0 fully saturated rings. The summed E-state index contributed by atoms with van der Waals surface area (Å²) in [5, 5.41) is 3.14. The maximum absolute atomic E-state index is 4.30. The predicted octanol–water partition coefficient (Wildman–Crippen LogP) is 3.71. The molecule has 1 rings (SSSR count). The van der Waals surface area contributed by atoms with Crippen LogP contribution in [0.4, 0.5) is 5.69 Å². The van der Waals surface area contributed by atoms with Gasteiger partial charge in [0, 0.05) is 12.2 Å². The molecule has 0 aliphatic heterocycles. The van der Waals surface area contributed by atoms with Gasteiger partial charge < -0.3 is 5.32 Å². The molecule has 0 unspecified atom stereocenters. The van der Waals surface area contributed by atoms with Gasteiger partial charge in [-0.3, -0.25) is 4.99 Å². The first-order chi connectivity index (χ1) is 7.43. The van der Waals surface area contributed by atoms with Gasteiger partial charge in [0.1, 0.15) is 0 Å². The van der Waals surface area contributed by atoms with Gasteiger partial charge in [-0.25, -0.2) is 0 Å². The van der Waals surface area contributed by atoms with Crippen molar-refractivity contribution in [2.24, 2.45) is 4.99 Å². The van der Waals surface area contributed by atoms with E-state index in [4.69, 9.17) is 0 Å². The first-order valence-electron chi connectivity index (χ1n) is 5.73. The molecule has 0 aliphatic carbocycles. The zero-order valence-corrected chi connectivity index (χ0v) is 9.45. The normalized spacial score (nSPS) is 10.7. The fourth-order valence-corrected chi connectivity index (χ4v) is 1.35. The lowest BCUT2D eigenvalue weighted by Gasteiger charge is -1.98. The van der Waals surface area contributed by atoms with Gasteiger partial charge in [-0.15, -0.1) is 0 Å². The topological polar surface area (TPSA) is 24.4 Å². The van der Waals surface area contributed by atoms with Gasteiger partial charge in [-0.2, -0.15) is 0 Å². The van der Waals surface area contributed by atoms with Crippen molar-refractivity contribution in [2.75, 3.05) is 11.9 Å². The van der Waals surface area contributed by atoms with E-state index in [1.807, 2.05) is 30.3 Å². The summed E-state index contributed by atoms with van der Waals surface area (Å²) >= 11 is 0. The maximum atomic E-state index is 4.30. The average Bonchev–Trinajstić information content (AvgIpc) is 2.29. The Morgan fingerprint density at radius 1 is 1.13 bits per heavy atom. The summed E-state index contributed by atoms with van der Waals surface area (Å²) in [6.07, 6.45) is 6.88. The van der Waals surface area contributed by atoms with E-state index in [1.165, 1.54) is 25.7 Å². The van der Waals surface area contributed by atoms with Crippen molar-refractivity contribution in [3.8, 4) is 0 Å². The van der Waals surface area contributed by atoms with Crippen molar-refractivity contribution in [2.45, 2.75) is 32.6 Å². The lowest BCUT2D eigenvalue weighted by atomic mass is 10.2. The van der Waals surface area contributed by atoms with E-state index in [1.54, 1.807) is 6.34 Å². The minimum absolute atomic E-state index is 0.930. The van der Waals surface area contributed by atoms with Gasteiger partial charge in [0.25, 0.3) is 0 Å². The van der Waals surface area contributed by atoms with Crippen LogP contribution >= 0.6 is 0 Å². The van der Waals surface area contributed by atoms with Crippen molar-refractivity contribution in [3.05, 3.63) is 30.3 Å². The molecule has 82 valence electrons. The molecule has 15 heavy (non-hydrogen) atoms. The SMILES string of the molecule is CCCCCCN=CNc1ccccc1. The molecule has 1 aromatic rings. The summed E-state index contributed by atoms with van der Waals surface area (Å²) in [4.78, 5) is 4.30. The maximum Gasteiger partial charge on any atom is 0.0867 e. The van der Waals surface area contributed by atoms with Crippen molar-refractivity contribution in [1.82, 2.24) is 0 Å². The summed E-state index contributed by atoms with van der Waals surface area (Å²) in [6, 6.07) is 10.1. The van der Waals surface area contributed by atoms with Crippen LogP contribution in [0.1, 0.15) is 32.6 Å². The zero-order valence-electron chi connectivity index (χ0n) is 9.45. The molecular weight excluding hydrogens is 184 g/mol. The molecule has 0 aliphatic rings. The lowest BCUT2D eigenvalue weighted by molar-refractivity contribution is 0.676. The number of para-hydroxylation sites is 1. The van der Waals surface area contributed by atoms with Gasteiger partial charge in [-0.1, -0.05) is 44.4 Å². The van der Waals surface area contributed by atoms with Crippen molar-refractivity contribution < 1.29 is 0 Å². The van der Waals surface area contributed by atoms with Crippen molar-refractivity contribution in [3.63, 3.8) is 0 Å². The number of nitrogens with zero attached hydrogens (tertiary/aromatic N) is 1. The minimum atomic E-state index is 0.930. The fourth-order valence-electron chi connectivity index (χ4n) is 1.35. The summed E-state index contributed by atoms with van der Waals surface area (Å²) in [6.45, 7) is 3.15. The molecule has 0 bridgehead atoms. The van der Waals surface area contributed by atoms with E-state index in [9.17, 15) is 0 Å². The lowest BCUT2D eigenvalue weighted by Crippen LogP contribution is -1.95. The minimum Gasteiger partial charge on any atom is -0.347 e. The van der Waals surface area contributed by atoms with Gasteiger partial charge in [0.05, 0.1) is 6.34 Å². The highest BCUT2D eigenvalue weighted by atomic mass is 14.9. The number of rotatable bonds is 7. The third-order valence-electron chi connectivity index (χ3n) is 2.24. The average molecular weight is 204 g/mol. The van der Waals surface area contributed by atoms with E-state index in [0.29, 0.717) is 0 Å². The summed E-state index contributed by atoms with van der Waals surface area (Å²) in [5.74, 6) is 0. The van der Waals surface area contributed by atoms with Gasteiger partial charge >= 0.3 is 0 Å². The highest BCUT2D eigenvalue weighted by molar-refractivity contribution is 5.75. The van der Waals surface area contributed by atoms with Crippen LogP contribution in [0.5, 0.6) is 0 Å². The number of anilines is 1. The Balaban J connectivity index is 2.07. The quantitative estimate of drug-likeness (QED) is 0.409. The zero-order chi connectivity index (χ0) is 10.8. The Hall–Kier alpha value is -1.31. The number of unbranched alkanes of at least 4 members (excludes halogenated alkanes) is 3. The molecule has 0 saturated heterocycles. The molecule has 2 heteroatoms. The third kappa shape index (κ3) is 5.89. The number of hydrogen-bond acceptors (Lipinski definition) is 1. The van der Waals surface area contributed by atoms with Crippen LogP contribution in [0, 0.1) is 0 Å². The molecule has 2 nitrogen and oxygen atoms in total. The van der Waals surface area contributed by atoms with Crippen LogP contribution in [0.3, 0.4) is 0 Å². The first-order valence-corrected chi connectivity index (χ1v) is 5.73. The monoisotopic (exact) mass is 204 g/mol. The Morgan fingerprint density at radius 3 is 2.67 bits per heavy atom. The number of benzene rings is 1. The van der Waals surface area contributed by atoms with Gasteiger partial charge in [0.2, 0.25) is 0 Å². The summed E-state index contributed by atoms with van der Waals surface area (Å²) in [5.41, 5.74) is 1.09. The van der Waals surface area contributed by atoms with Crippen molar-refractivity contribution in [1.29, 1.82) is 0 Å². The molecular formula is C13H20N2. The molecule has 0 aromatic heterocycles. The second kappa shape index (κ2) is 8.04. The Kier molecular flexibility index (Phi) is 6.30. The molecule has 0 amide bonds. The van der Waals surface area contributed by atoms with Crippen LogP contribution in [0.2, 0.25) is 0 Å².